The highest BCUT2D eigenvalue weighted by atomic mass is 15.1. The molecule has 2 aromatic heterocycles. The first-order valence-corrected chi connectivity index (χ1v) is 9.51. The summed E-state index contributed by atoms with van der Waals surface area (Å²) >= 11 is 0. The molecule has 0 bridgehead atoms. The lowest BCUT2D eigenvalue weighted by molar-refractivity contribution is 0.311. The van der Waals surface area contributed by atoms with Crippen LogP contribution in [0.5, 0.6) is 0 Å². The second kappa shape index (κ2) is 5.55. The van der Waals surface area contributed by atoms with Gasteiger partial charge in [-0.25, -0.2) is 0 Å². The monoisotopic (exact) mass is 343 g/mol. The molecule has 0 unspecified atom stereocenters. The van der Waals surface area contributed by atoms with E-state index in [2.05, 4.69) is 67.6 Å². The Morgan fingerprint density at radius 2 is 1.96 bits per heavy atom. The van der Waals surface area contributed by atoms with Gasteiger partial charge in [-0.3, -0.25) is 4.98 Å². The van der Waals surface area contributed by atoms with Gasteiger partial charge in [-0.15, -0.1) is 0 Å². The zero-order valence-electron chi connectivity index (χ0n) is 16.1. The van der Waals surface area contributed by atoms with Crippen molar-refractivity contribution in [3.63, 3.8) is 0 Å². The minimum absolute atomic E-state index is 0.989. The summed E-state index contributed by atoms with van der Waals surface area (Å²) in [7, 11) is 2.23. The van der Waals surface area contributed by atoms with Crippen LogP contribution < -0.4 is 0 Å². The Hall–Kier alpha value is -2.39. The summed E-state index contributed by atoms with van der Waals surface area (Å²) in [6.45, 7) is 8.72. The summed E-state index contributed by atoms with van der Waals surface area (Å²) in [4.78, 5) is 7.13. The summed E-state index contributed by atoms with van der Waals surface area (Å²) in [5, 5.41) is 1.42. The van der Waals surface area contributed by atoms with Crippen LogP contribution in [-0.2, 0) is 19.4 Å². The molecule has 0 saturated carbocycles. The molecule has 132 valence electrons. The second-order valence-corrected chi connectivity index (χ2v) is 7.96. The third kappa shape index (κ3) is 2.20. The average Bonchev–Trinajstić information content (AvgIpc) is 2.90. The number of hydrogen-bond acceptors (Lipinski definition) is 2. The molecule has 0 spiro atoms. The number of nitrogens with zero attached hydrogens (tertiary/aromatic N) is 3. The number of pyridine rings is 1. The molecule has 1 aliphatic carbocycles. The number of benzene rings is 1. The van der Waals surface area contributed by atoms with E-state index >= 15 is 0 Å². The van der Waals surface area contributed by atoms with Gasteiger partial charge in [0.15, 0.2) is 0 Å². The lowest BCUT2D eigenvalue weighted by Gasteiger charge is -2.28. The van der Waals surface area contributed by atoms with Crippen molar-refractivity contribution >= 4 is 22.2 Å². The molecule has 3 nitrogen and oxygen atoms in total. The van der Waals surface area contributed by atoms with E-state index < -0.39 is 0 Å². The molecule has 3 aromatic rings. The predicted molar refractivity (Wildman–Crippen MR) is 108 cm³/mol. The molecule has 26 heavy (non-hydrogen) atoms. The Labute approximate surface area is 155 Å². The highest BCUT2D eigenvalue weighted by Gasteiger charge is 2.28. The van der Waals surface area contributed by atoms with E-state index in [1.165, 1.54) is 50.3 Å². The van der Waals surface area contributed by atoms with Crippen LogP contribution in [0.1, 0.15) is 40.7 Å². The fourth-order valence-corrected chi connectivity index (χ4v) is 4.62. The van der Waals surface area contributed by atoms with Gasteiger partial charge < -0.3 is 9.47 Å². The lowest BCUT2D eigenvalue weighted by atomic mass is 9.85. The van der Waals surface area contributed by atoms with Crippen LogP contribution in [0.2, 0.25) is 0 Å². The SMILES string of the molecule is CC(=C1Cc2nc(C)ccc21)n1c2c(c3cc(C)ccc31)CN(C)CC2. The standard InChI is InChI=1S/C23H25N3/c1-14-5-8-22-19(11-14)20-13-25(4)10-9-23(20)26(22)16(3)18-12-21-17(18)7-6-15(2)24-21/h5-8,11H,9-10,12-13H2,1-4H3. The maximum Gasteiger partial charge on any atom is 0.0531 e. The number of aryl methyl sites for hydroxylation is 2. The van der Waals surface area contributed by atoms with Crippen LogP contribution >= 0.6 is 0 Å². The van der Waals surface area contributed by atoms with E-state index in [4.69, 9.17) is 4.98 Å². The fourth-order valence-electron chi connectivity index (χ4n) is 4.62. The van der Waals surface area contributed by atoms with E-state index in [1.54, 1.807) is 0 Å². The first kappa shape index (κ1) is 15.8. The highest BCUT2D eigenvalue weighted by molar-refractivity contribution is 5.96. The maximum atomic E-state index is 4.70. The van der Waals surface area contributed by atoms with E-state index in [9.17, 15) is 0 Å². The molecule has 0 atom stereocenters. The van der Waals surface area contributed by atoms with Crippen LogP contribution in [0.15, 0.2) is 30.3 Å². The predicted octanol–water partition coefficient (Wildman–Crippen LogP) is 4.59. The van der Waals surface area contributed by atoms with Gasteiger partial charge in [0.2, 0.25) is 0 Å². The van der Waals surface area contributed by atoms with Crippen molar-refractivity contribution in [1.29, 1.82) is 0 Å². The zero-order chi connectivity index (χ0) is 18.0. The van der Waals surface area contributed by atoms with Gasteiger partial charge in [-0.1, -0.05) is 17.7 Å². The van der Waals surface area contributed by atoms with Gasteiger partial charge >= 0.3 is 0 Å². The number of fused-ring (bicyclic) bond motifs is 4. The number of aromatic nitrogens is 2. The fraction of sp³-hybridized carbons (Fsp3) is 0.348. The molecular weight excluding hydrogens is 318 g/mol. The van der Waals surface area contributed by atoms with E-state index in [0.29, 0.717) is 0 Å². The van der Waals surface area contributed by atoms with Gasteiger partial charge in [0.1, 0.15) is 0 Å². The molecule has 3 heterocycles. The largest absolute Gasteiger partial charge is 0.317 e. The summed E-state index contributed by atoms with van der Waals surface area (Å²) < 4.78 is 2.54. The summed E-state index contributed by atoms with van der Waals surface area (Å²) in [6, 6.07) is 11.3. The van der Waals surface area contributed by atoms with Crippen molar-refractivity contribution in [2.75, 3.05) is 13.6 Å². The van der Waals surface area contributed by atoms with E-state index in [0.717, 1.165) is 31.6 Å². The minimum Gasteiger partial charge on any atom is -0.317 e. The summed E-state index contributed by atoms with van der Waals surface area (Å²) in [5.41, 5.74) is 12.2. The Morgan fingerprint density at radius 3 is 2.77 bits per heavy atom. The Bertz CT molecular complexity index is 1080. The van der Waals surface area contributed by atoms with Crippen molar-refractivity contribution in [2.45, 2.75) is 40.2 Å². The van der Waals surface area contributed by atoms with Crippen LogP contribution in [0, 0.1) is 13.8 Å². The molecule has 0 amide bonds. The lowest BCUT2D eigenvalue weighted by Crippen LogP contribution is -2.27. The van der Waals surface area contributed by atoms with Gasteiger partial charge in [0.05, 0.1) is 11.2 Å². The van der Waals surface area contributed by atoms with E-state index in [-0.39, 0.29) is 0 Å². The van der Waals surface area contributed by atoms with E-state index in [1.807, 2.05) is 0 Å². The molecule has 1 aliphatic heterocycles. The normalized spacial score (nSPS) is 18.5. The summed E-state index contributed by atoms with van der Waals surface area (Å²) in [6.07, 6.45) is 2.10. The molecule has 0 saturated heterocycles. The van der Waals surface area contributed by atoms with Gasteiger partial charge in [0.25, 0.3) is 0 Å². The van der Waals surface area contributed by atoms with Crippen LogP contribution in [-0.4, -0.2) is 28.0 Å². The first-order chi connectivity index (χ1) is 12.5. The molecular formula is C23H25N3. The topological polar surface area (TPSA) is 21.1 Å². The van der Waals surface area contributed by atoms with Gasteiger partial charge in [-0.2, -0.15) is 0 Å². The number of likely N-dealkylation sites (N-methyl/N-ethyl adjacent to an activating group) is 1. The van der Waals surface area contributed by atoms with Gasteiger partial charge in [-0.05, 0) is 57.2 Å². The second-order valence-electron chi connectivity index (χ2n) is 7.96. The van der Waals surface area contributed by atoms with Crippen molar-refractivity contribution in [1.82, 2.24) is 14.5 Å². The number of hydrogen-bond donors (Lipinski definition) is 0. The third-order valence-electron chi connectivity index (χ3n) is 6.05. The molecule has 0 N–H and O–H groups in total. The zero-order valence-corrected chi connectivity index (χ0v) is 16.1. The molecule has 3 heteroatoms. The molecule has 5 rings (SSSR count). The minimum atomic E-state index is 0.989. The van der Waals surface area contributed by atoms with Crippen molar-refractivity contribution in [3.8, 4) is 0 Å². The first-order valence-electron chi connectivity index (χ1n) is 9.51. The quantitative estimate of drug-likeness (QED) is 0.644. The third-order valence-corrected chi connectivity index (χ3v) is 6.05. The molecule has 0 radical (unpaired) electrons. The van der Waals surface area contributed by atoms with Crippen LogP contribution in [0.25, 0.3) is 22.2 Å². The van der Waals surface area contributed by atoms with Gasteiger partial charge in [0, 0.05) is 54.0 Å². The molecule has 1 aromatic carbocycles. The molecule has 2 aliphatic rings. The molecule has 0 fully saturated rings. The number of rotatable bonds is 1. The Balaban J connectivity index is 1.75. The van der Waals surface area contributed by atoms with Crippen molar-refractivity contribution in [3.05, 3.63) is 64.1 Å². The Kier molecular flexibility index (Phi) is 3.38. The Morgan fingerprint density at radius 1 is 1.12 bits per heavy atom. The van der Waals surface area contributed by atoms with Crippen molar-refractivity contribution < 1.29 is 0 Å². The maximum absolute atomic E-state index is 4.70. The van der Waals surface area contributed by atoms with Crippen LogP contribution in [0.3, 0.4) is 0 Å². The number of allylic oxidation sites excluding steroid dienone is 2. The smallest absolute Gasteiger partial charge is 0.0531 e. The van der Waals surface area contributed by atoms with Crippen molar-refractivity contribution in [2.24, 2.45) is 0 Å². The summed E-state index contributed by atoms with van der Waals surface area (Å²) in [5.74, 6) is 0. The van der Waals surface area contributed by atoms with Crippen LogP contribution in [0.4, 0.5) is 0 Å². The average molecular weight is 343 g/mol. The highest BCUT2D eigenvalue weighted by Crippen LogP contribution is 2.40.